The third-order valence-electron chi connectivity index (χ3n) is 6.37. The summed E-state index contributed by atoms with van der Waals surface area (Å²) in [5.74, 6) is -0.509. The third-order valence-corrected chi connectivity index (χ3v) is 6.37. The minimum Gasteiger partial charge on any atom is -0.373 e. The first-order valence-electron chi connectivity index (χ1n) is 11.2. The van der Waals surface area contributed by atoms with E-state index < -0.39 is 23.7 Å². The number of likely N-dealkylation sites (tertiary alicyclic amines) is 1. The Bertz CT molecular complexity index is 1030. The van der Waals surface area contributed by atoms with Crippen molar-refractivity contribution in [2.24, 2.45) is 0 Å². The van der Waals surface area contributed by atoms with Crippen LogP contribution in [0.4, 0.5) is 13.2 Å². The number of carbonyl (C=O) groups is 2. The molecule has 1 N–H and O–H groups in total. The number of fused-ring (bicyclic) bond motifs is 1. The molecule has 0 saturated carbocycles. The molecule has 2 aliphatic rings. The summed E-state index contributed by atoms with van der Waals surface area (Å²) in [5, 5.41) is 2.86. The van der Waals surface area contributed by atoms with Crippen molar-refractivity contribution in [1.82, 2.24) is 19.8 Å². The van der Waals surface area contributed by atoms with E-state index in [0.29, 0.717) is 48.8 Å². The van der Waals surface area contributed by atoms with Crippen LogP contribution in [0.1, 0.15) is 76.9 Å². The second-order valence-electron chi connectivity index (χ2n) is 8.49. The van der Waals surface area contributed by atoms with E-state index in [9.17, 15) is 22.8 Å². The molecule has 2 aromatic heterocycles. The Morgan fingerprint density at radius 1 is 1.30 bits per heavy atom. The van der Waals surface area contributed by atoms with Gasteiger partial charge in [-0.15, -0.1) is 0 Å². The van der Waals surface area contributed by atoms with Crippen LogP contribution >= 0.6 is 0 Å². The van der Waals surface area contributed by atoms with Gasteiger partial charge in [0.05, 0.1) is 41.8 Å². The zero-order valence-corrected chi connectivity index (χ0v) is 18.6. The number of aromatic nitrogens is 2. The Balaban J connectivity index is 1.58. The van der Waals surface area contributed by atoms with E-state index >= 15 is 0 Å². The summed E-state index contributed by atoms with van der Waals surface area (Å²) in [5.41, 5.74) is 0.933. The second kappa shape index (κ2) is 9.17. The average molecular weight is 464 g/mol. The summed E-state index contributed by atoms with van der Waals surface area (Å²) in [6.45, 7) is 5.66. The molecule has 1 saturated heterocycles. The Hall–Kier alpha value is -2.88. The first-order valence-corrected chi connectivity index (χ1v) is 11.2. The van der Waals surface area contributed by atoms with Gasteiger partial charge in [0.25, 0.3) is 11.8 Å². The van der Waals surface area contributed by atoms with Gasteiger partial charge in [-0.05, 0) is 44.4 Å². The summed E-state index contributed by atoms with van der Waals surface area (Å²) in [6, 6.07) is 3.42. The number of nitrogens with one attached hydrogen (secondary N) is 1. The number of hydrogen-bond acceptors (Lipinski definition) is 4. The Morgan fingerprint density at radius 3 is 2.70 bits per heavy atom. The lowest BCUT2D eigenvalue weighted by molar-refractivity contribution is -0.137. The second-order valence-corrected chi connectivity index (χ2v) is 8.49. The van der Waals surface area contributed by atoms with Gasteiger partial charge in [0, 0.05) is 25.3 Å². The van der Waals surface area contributed by atoms with Crippen LogP contribution < -0.4 is 5.32 Å². The van der Waals surface area contributed by atoms with Gasteiger partial charge in [-0.25, -0.2) is 0 Å². The molecular weight excluding hydrogens is 437 g/mol. The SMILES string of the molecule is CC[C@@H](NC(=O)c1cc(C(=O)N2CCC[C@@H]2C)n2c1COCC2)c1ccc(C(F)(F)F)cn1. The molecule has 0 spiro atoms. The summed E-state index contributed by atoms with van der Waals surface area (Å²) < 4.78 is 45.9. The van der Waals surface area contributed by atoms with Crippen molar-refractivity contribution < 1.29 is 27.5 Å². The molecule has 2 amide bonds. The van der Waals surface area contributed by atoms with Gasteiger partial charge < -0.3 is 19.5 Å². The molecule has 0 aromatic carbocycles. The van der Waals surface area contributed by atoms with Crippen molar-refractivity contribution in [2.75, 3.05) is 13.2 Å². The van der Waals surface area contributed by atoms with Crippen molar-refractivity contribution in [1.29, 1.82) is 0 Å². The van der Waals surface area contributed by atoms with Crippen LogP contribution in [0.3, 0.4) is 0 Å². The van der Waals surface area contributed by atoms with E-state index in [4.69, 9.17) is 4.74 Å². The van der Waals surface area contributed by atoms with Crippen LogP contribution in [0, 0.1) is 0 Å². The van der Waals surface area contributed by atoms with Crippen LogP contribution in [0.15, 0.2) is 24.4 Å². The highest BCUT2D eigenvalue weighted by Gasteiger charge is 2.33. The molecule has 0 radical (unpaired) electrons. The highest BCUT2D eigenvalue weighted by molar-refractivity contribution is 6.01. The monoisotopic (exact) mass is 464 g/mol. The van der Waals surface area contributed by atoms with Crippen molar-refractivity contribution >= 4 is 11.8 Å². The first-order chi connectivity index (χ1) is 15.7. The number of carbonyl (C=O) groups excluding carboxylic acids is 2. The molecule has 0 unspecified atom stereocenters. The fourth-order valence-corrected chi connectivity index (χ4v) is 4.48. The zero-order valence-electron chi connectivity index (χ0n) is 18.6. The predicted molar refractivity (Wildman–Crippen MR) is 114 cm³/mol. The van der Waals surface area contributed by atoms with Gasteiger partial charge in [0.2, 0.25) is 0 Å². The normalized spacial score (nSPS) is 19.3. The number of halogens is 3. The molecule has 2 atom stereocenters. The highest BCUT2D eigenvalue weighted by Crippen LogP contribution is 2.30. The van der Waals surface area contributed by atoms with E-state index in [2.05, 4.69) is 10.3 Å². The van der Waals surface area contributed by atoms with E-state index in [1.807, 2.05) is 23.3 Å². The molecule has 7 nitrogen and oxygen atoms in total. The lowest BCUT2D eigenvalue weighted by Crippen LogP contribution is -2.35. The van der Waals surface area contributed by atoms with Crippen LogP contribution in [0.2, 0.25) is 0 Å². The lowest BCUT2D eigenvalue weighted by Gasteiger charge is -2.24. The minimum absolute atomic E-state index is 0.0985. The molecule has 0 bridgehead atoms. The number of hydrogen-bond donors (Lipinski definition) is 1. The maximum atomic E-state index is 13.2. The molecule has 2 aliphatic heterocycles. The van der Waals surface area contributed by atoms with Gasteiger partial charge in [0.1, 0.15) is 5.69 Å². The van der Waals surface area contributed by atoms with Crippen molar-refractivity contribution in [3.8, 4) is 0 Å². The molecule has 178 valence electrons. The minimum atomic E-state index is -4.47. The number of amides is 2. The molecule has 0 aliphatic carbocycles. The molecule has 1 fully saturated rings. The zero-order chi connectivity index (χ0) is 23.8. The topological polar surface area (TPSA) is 76.5 Å². The molecule has 10 heteroatoms. The Morgan fingerprint density at radius 2 is 2.09 bits per heavy atom. The van der Waals surface area contributed by atoms with Crippen molar-refractivity contribution in [3.63, 3.8) is 0 Å². The molecule has 4 heterocycles. The summed E-state index contributed by atoms with van der Waals surface area (Å²) >= 11 is 0. The lowest BCUT2D eigenvalue weighted by atomic mass is 10.1. The van der Waals surface area contributed by atoms with Gasteiger partial charge in [0.15, 0.2) is 0 Å². The van der Waals surface area contributed by atoms with Gasteiger partial charge in [-0.1, -0.05) is 6.92 Å². The van der Waals surface area contributed by atoms with E-state index in [1.54, 1.807) is 6.07 Å². The van der Waals surface area contributed by atoms with E-state index in [1.165, 1.54) is 6.07 Å². The van der Waals surface area contributed by atoms with Crippen LogP contribution in [-0.4, -0.2) is 45.5 Å². The van der Waals surface area contributed by atoms with E-state index in [0.717, 1.165) is 25.1 Å². The van der Waals surface area contributed by atoms with Crippen molar-refractivity contribution in [3.05, 3.63) is 52.6 Å². The van der Waals surface area contributed by atoms with Crippen LogP contribution in [0.5, 0.6) is 0 Å². The van der Waals surface area contributed by atoms with Crippen LogP contribution in [-0.2, 0) is 24.1 Å². The largest absolute Gasteiger partial charge is 0.417 e. The smallest absolute Gasteiger partial charge is 0.373 e. The highest BCUT2D eigenvalue weighted by atomic mass is 19.4. The van der Waals surface area contributed by atoms with Gasteiger partial charge in [-0.2, -0.15) is 13.2 Å². The van der Waals surface area contributed by atoms with Crippen LogP contribution in [0.25, 0.3) is 0 Å². The number of rotatable bonds is 5. The maximum absolute atomic E-state index is 13.2. The summed E-state index contributed by atoms with van der Waals surface area (Å²) in [4.78, 5) is 32.2. The number of ether oxygens (including phenoxy) is 1. The predicted octanol–water partition coefficient (Wildman–Crippen LogP) is 3.94. The van der Waals surface area contributed by atoms with Crippen molar-refractivity contribution in [2.45, 2.75) is 64.5 Å². The summed E-state index contributed by atoms with van der Waals surface area (Å²) in [6.07, 6.45) is -1.36. The maximum Gasteiger partial charge on any atom is 0.417 e. The number of nitrogens with zero attached hydrogens (tertiary/aromatic N) is 3. The van der Waals surface area contributed by atoms with Gasteiger partial charge >= 0.3 is 6.18 Å². The molecule has 33 heavy (non-hydrogen) atoms. The first kappa shape index (κ1) is 23.3. The fraction of sp³-hybridized carbons (Fsp3) is 0.522. The molecule has 4 rings (SSSR count). The van der Waals surface area contributed by atoms with Gasteiger partial charge in [-0.3, -0.25) is 14.6 Å². The Kier molecular flexibility index (Phi) is 6.47. The Labute approximate surface area is 189 Å². The molecular formula is C23H27F3N4O3. The third kappa shape index (κ3) is 4.62. The number of alkyl halides is 3. The van der Waals surface area contributed by atoms with E-state index in [-0.39, 0.29) is 18.6 Å². The quantitative estimate of drug-likeness (QED) is 0.727. The average Bonchev–Trinajstić information content (AvgIpc) is 3.40. The number of pyridine rings is 1. The molecule has 2 aromatic rings. The fourth-order valence-electron chi connectivity index (χ4n) is 4.48. The summed E-state index contributed by atoms with van der Waals surface area (Å²) in [7, 11) is 0. The standard InChI is InChI=1S/C23H27F3N4O3/c1-3-17(18-7-6-15(12-27-18)23(24,25)26)28-21(31)16-11-19(30-9-10-33-13-20(16)30)22(32)29-8-4-5-14(29)2/h6-7,11-12,14,17H,3-5,8-10,13H2,1-2H3,(H,28,31)/t14-,17+/m0/s1.